The van der Waals surface area contributed by atoms with Crippen LogP contribution in [0.15, 0.2) is 16.8 Å². The summed E-state index contributed by atoms with van der Waals surface area (Å²) >= 11 is 0. The van der Waals surface area contributed by atoms with Crippen molar-refractivity contribution in [2.75, 3.05) is 5.73 Å². The summed E-state index contributed by atoms with van der Waals surface area (Å²) in [6.07, 6.45) is 0.951. The van der Waals surface area contributed by atoms with Gasteiger partial charge in [-0.25, -0.2) is 9.31 Å². The molecular weight excluding hydrogens is 242 g/mol. The van der Waals surface area contributed by atoms with Crippen molar-refractivity contribution in [1.29, 1.82) is 0 Å². The Morgan fingerprint density at radius 2 is 1.95 bits per heavy atom. The van der Waals surface area contributed by atoms with Crippen LogP contribution < -0.4 is 5.73 Å². The second-order valence-electron chi connectivity index (χ2n) is 4.55. The molecule has 0 aliphatic carbocycles. The lowest BCUT2D eigenvalue weighted by Crippen LogP contribution is -2.01. The molecule has 0 saturated carbocycles. The van der Waals surface area contributed by atoms with E-state index in [2.05, 4.69) is 29.3 Å². The van der Waals surface area contributed by atoms with Crippen molar-refractivity contribution < 1.29 is 4.63 Å². The van der Waals surface area contributed by atoms with Crippen LogP contribution in [-0.2, 0) is 6.42 Å². The predicted molar refractivity (Wildman–Crippen MR) is 72.2 cm³/mol. The van der Waals surface area contributed by atoms with Crippen LogP contribution in [0.3, 0.4) is 0 Å². The summed E-state index contributed by atoms with van der Waals surface area (Å²) < 4.78 is 6.67. The predicted octanol–water partition coefficient (Wildman–Crippen LogP) is 2.17. The Bertz CT molecular complexity index is 756. The zero-order chi connectivity index (χ0) is 13.6. The Kier molecular flexibility index (Phi) is 2.51. The first-order chi connectivity index (χ1) is 9.13. The molecular formula is C13H15N5O. The maximum Gasteiger partial charge on any atom is 0.163 e. The second kappa shape index (κ2) is 4.08. The van der Waals surface area contributed by atoms with Gasteiger partial charge in [-0.05, 0) is 48.3 Å². The van der Waals surface area contributed by atoms with E-state index in [1.165, 1.54) is 5.56 Å². The van der Waals surface area contributed by atoms with Crippen LogP contribution in [0.4, 0.5) is 5.69 Å². The quantitative estimate of drug-likeness (QED) is 0.711. The molecule has 0 radical (unpaired) electrons. The SMILES string of the molecule is CCc1c(C)nn(-c2ccc(N)c3nonc23)c1C. The molecule has 6 heteroatoms. The number of fused-ring (bicyclic) bond motifs is 1. The van der Waals surface area contributed by atoms with Crippen LogP contribution in [0.5, 0.6) is 0 Å². The van der Waals surface area contributed by atoms with E-state index in [1.807, 2.05) is 17.7 Å². The highest BCUT2D eigenvalue weighted by Gasteiger charge is 2.16. The monoisotopic (exact) mass is 257 g/mol. The van der Waals surface area contributed by atoms with Gasteiger partial charge in [-0.1, -0.05) is 6.92 Å². The van der Waals surface area contributed by atoms with Crippen molar-refractivity contribution in [3.8, 4) is 5.69 Å². The molecule has 0 atom stereocenters. The number of benzene rings is 1. The number of rotatable bonds is 2. The number of anilines is 1. The molecule has 0 saturated heterocycles. The van der Waals surface area contributed by atoms with Gasteiger partial charge in [-0.15, -0.1) is 0 Å². The first-order valence-electron chi connectivity index (χ1n) is 6.19. The van der Waals surface area contributed by atoms with Crippen LogP contribution in [-0.4, -0.2) is 20.1 Å². The molecule has 0 unspecified atom stereocenters. The first-order valence-corrected chi connectivity index (χ1v) is 6.19. The summed E-state index contributed by atoms with van der Waals surface area (Å²) in [5.41, 5.74) is 11.8. The molecule has 19 heavy (non-hydrogen) atoms. The van der Waals surface area contributed by atoms with Crippen LogP contribution in [0.2, 0.25) is 0 Å². The van der Waals surface area contributed by atoms with E-state index in [-0.39, 0.29) is 0 Å². The Balaban J connectivity index is 2.31. The van der Waals surface area contributed by atoms with E-state index in [0.717, 1.165) is 23.5 Å². The van der Waals surface area contributed by atoms with Gasteiger partial charge in [0.25, 0.3) is 0 Å². The standard InChI is InChI=1S/C13H15N5O/c1-4-9-7(2)15-18(8(9)3)11-6-5-10(14)12-13(11)17-19-16-12/h5-6H,4,14H2,1-3H3. The molecule has 0 fully saturated rings. The number of aromatic nitrogens is 4. The highest BCUT2D eigenvalue weighted by molar-refractivity contribution is 5.91. The largest absolute Gasteiger partial charge is 0.397 e. The van der Waals surface area contributed by atoms with Crippen molar-refractivity contribution in [3.63, 3.8) is 0 Å². The second-order valence-corrected chi connectivity index (χ2v) is 4.55. The summed E-state index contributed by atoms with van der Waals surface area (Å²) in [6, 6.07) is 3.69. The van der Waals surface area contributed by atoms with Crippen molar-refractivity contribution >= 4 is 16.7 Å². The Morgan fingerprint density at radius 3 is 2.63 bits per heavy atom. The highest BCUT2D eigenvalue weighted by Crippen LogP contribution is 2.26. The van der Waals surface area contributed by atoms with Gasteiger partial charge in [-0.2, -0.15) is 5.10 Å². The minimum absolute atomic E-state index is 0.553. The molecule has 6 nitrogen and oxygen atoms in total. The van der Waals surface area contributed by atoms with E-state index >= 15 is 0 Å². The summed E-state index contributed by atoms with van der Waals surface area (Å²) in [7, 11) is 0. The van der Waals surface area contributed by atoms with Crippen LogP contribution in [0.25, 0.3) is 16.7 Å². The average Bonchev–Trinajstić information content (AvgIpc) is 2.96. The Hall–Kier alpha value is -2.37. The molecule has 2 heterocycles. The summed E-state index contributed by atoms with van der Waals surface area (Å²) in [4.78, 5) is 0. The Labute approximate surface area is 110 Å². The van der Waals surface area contributed by atoms with Gasteiger partial charge >= 0.3 is 0 Å². The van der Waals surface area contributed by atoms with Crippen molar-refractivity contribution in [3.05, 3.63) is 29.1 Å². The minimum atomic E-state index is 0.553. The third kappa shape index (κ3) is 1.60. The lowest BCUT2D eigenvalue weighted by molar-refractivity contribution is 0.315. The third-order valence-corrected chi connectivity index (χ3v) is 3.45. The highest BCUT2D eigenvalue weighted by atomic mass is 16.6. The van der Waals surface area contributed by atoms with E-state index in [4.69, 9.17) is 10.4 Å². The van der Waals surface area contributed by atoms with Gasteiger partial charge < -0.3 is 5.73 Å². The van der Waals surface area contributed by atoms with Gasteiger partial charge in [0.15, 0.2) is 11.0 Å². The topological polar surface area (TPSA) is 82.8 Å². The van der Waals surface area contributed by atoms with Gasteiger partial charge in [0, 0.05) is 5.69 Å². The summed E-state index contributed by atoms with van der Waals surface area (Å²) in [5, 5.41) is 12.3. The van der Waals surface area contributed by atoms with Crippen LogP contribution >= 0.6 is 0 Å². The lowest BCUT2D eigenvalue weighted by Gasteiger charge is -2.05. The molecule has 0 aliphatic heterocycles. The summed E-state index contributed by atoms with van der Waals surface area (Å²) in [6.45, 7) is 6.18. The van der Waals surface area contributed by atoms with Gasteiger partial charge in [0.05, 0.1) is 17.1 Å². The molecule has 2 N–H and O–H groups in total. The molecule has 0 bridgehead atoms. The summed E-state index contributed by atoms with van der Waals surface area (Å²) in [5.74, 6) is 0. The van der Waals surface area contributed by atoms with Crippen LogP contribution in [0, 0.1) is 13.8 Å². The number of hydrogen-bond acceptors (Lipinski definition) is 5. The normalized spacial score (nSPS) is 11.3. The number of nitrogen functional groups attached to an aromatic ring is 1. The molecule has 3 aromatic rings. The molecule has 3 rings (SSSR count). The fraction of sp³-hybridized carbons (Fsp3) is 0.308. The van der Waals surface area contributed by atoms with Crippen molar-refractivity contribution in [2.45, 2.75) is 27.2 Å². The Morgan fingerprint density at radius 1 is 1.21 bits per heavy atom. The number of nitrogens with zero attached hydrogens (tertiary/aromatic N) is 4. The fourth-order valence-electron chi connectivity index (χ4n) is 2.46. The van der Waals surface area contributed by atoms with Gasteiger partial charge in [0.2, 0.25) is 0 Å². The van der Waals surface area contributed by atoms with Crippen molar-refractivity contribution in [1.82, 2.24) is 20.1 Å². The maximum atomic E-state index is 5.85. The number of nitrogens with two attached hydrogens (primary N) is 1. The van der Waals surface area contributed by atoms with Gasteiger partial charge in [-0.3, -0.25) is 0 Å². The molecule has 0 aliphatic rings. The molecule has 1 aromatic carbocycles. The lowest BCUT2D eigenvalue weighted by atomic mass is 10.1. The first kappa shape index (κ1) is 11.7. The van der Waals surface area contributed by atoms with E-state index < -0.39 is 0 Å². The maximum absolute atomic E-state index is 5.85. The third-order valence-electron chi connectivity index (χ3n) is 3.45. The zero-order valence-corrected chi connectivity index (χ0v) is 11.1. The molecule has 0 amide bonds. The zero-order valence-electron chi connectivity index (χ0n) is 11.1. The molecule has 0 spiro atoms. The fourth-order valence-corrected chi connectivity index (χ4v) is 2.46. The van der Waals surface area contributed by atoms with E-state index in [9.17, 15) is 0 Å². The average molecular weight is 257 g/mol. The van der Waals surface area contributed by atoms with E-state index in [1.54, 1.807) is 6.07 Å². The van der Waals surface area contributed by atoms with Crippen LogP contribution in [0.1, 0.15) is 23.9 Å². The minimum Gasteiger partial charge on any atom is -0.397 e. The smallest absolute Gasteiger partial charge is 0.163 e. The van der Waals surface area contributed by atoms with E-state index in [0.29, 0.717) is 16.7 Å². The molecule has 2 aromatic heterocycles. The van der Waals surface area contributed by atoms with Gasteiger partial charge in [0.1, 0.15) is 0 Å². The number of hydrogen-bond donors (Lipinski definition) is 1. The number of aryl methyl sites for hydroxylation is 1. The van der Waals surface area contributed by atoms with Crippen molar-refractivity contribution in [2.24, 2.45) is 0 Å². The molecule has 98 valence electrons.